The molecule has 6 nitrogen and oxygen atoms in total. The standard InChI is InChI=1S/C15H19BrN4O2/c1-9-6-12(16)20-13(9)14(17-8-18-20)19-5-4-11(7-10(19)2)15(21)22-3/h6,8,10-11H,4-5,7H2,1-3H3/t10-,11-/m0/s1. The molecule has 0 spiro atoms. The van der Waals surface area contributed by atoms with Gasteiger partial charge in [0.25, 0.3) is 0 Å². The molecule has 0 N–H and O–H groups in total. The summed E-state index contributed by atoms with van der Waals surface area (Å²) in [5, 5.41) is 4.30. The highest BCUT2D eigenvalue weighted by Gasteiger charge is 2.32. The number of fused-ring (bicyclic) bond motifs is 1. The van der Waals surface area contributed by atoms with Crippen molar-refractivity contribution in [2.24, 2.45) is 5.92 Å². The largest absolute Gasteiger partial charge is 0.469 e. The molecular formula is C15H19BrN4O2. The predicted molar refractivity (Wildman–Crippen MR) is 87.0 cm³/mol. The van der Waals surface area contributed by atoms with E-state index in [2.05, 4.69) is 44.8 Å². The molecule has 1 fully saturated rings. The van der Waals surface area contributed by atoms with E-state index in [-0.39, 0.29) is 17.9 Å². The fourth-order valence-electron chi connectivity index (χ4n) is 3.24. The summed E-state index contributed by atoms with van der Waals surface area (Å²) in [5.41, 5.74) is 2.14. The van der Waals surface area contributed by atoms with Crippen LogP contribution in [0.15, 0.2) is 17.0 Å². The number of anilines is 1. The lowest BCUT2D eigenvalue weighted by atomic mass is 9.91. The van der Waals surface area contributed by atoms with Crippen LogP contribution in [0.1, 0.15) is 25.3 Å². The van der Waals surface area contributed by atoms with Gasteiger partial charge in [-0.15, -0.1) is 0 Å². The van der Waals surface area contributed by atoms with Crippen LogP contribution >= 0.6 is 15.9 Å². The number of hydrogen-bond acceptors (Lipinski definition) is 5. The van der Waals surface area contributed by atoms with Crippen LogP contribution in [0.4, 0.5) is 5.82 Å². The Balaban J connectivity index is 1.94. The van der Waals surface area contributed by atoms with Crippen molar-refractivity contribution in [2.75, 3.05) is 18.6 Å². The van der Waals surface area contributed by atoms with Gasteiger partial charge in [-0.1, -0.05) is 0 Å². The first-order valence-corrected chi connectivity index (χ1v) is 8.15. The van der Waals surface area contributed by atoms with E-state index < -0.39 is 0 Å². The van der Waals surface area contributed by atoms with Crippen LogP contribution in [0.3, 0.4) is 0 Å². The van der Waals surface area contributed by atoms with Crippen LogP contribution in [0, 0.1) is 12.8 Å². The summed E-state index contributed by atoms with van der Waals surface area (Å²) < 4.78 is 7.65. The SMILES string of the molecule is COC(=O)[C@H]1CCN(c2ncnn3c(Br)cc(C)c23)[C@@H](C)C1. The minimum atomic E-state index is -0.110. The highest BCUT2D eigenvalue weighted by molar-refractivity contribution is 9.10. The fraction of sp³-hybridized carbons (Fsp3) is 0.533. The van der Waals surface area contributed by atoms with E-state index in [1.807, 2.05) is 10.6 Å². The lowest BCUT2D eigenvalue weighted by Crippen LogP contribution is -2.43. The first kappa shape index (κ1) is 15.3. The van der Waals surface area contributed by atoms with Gasteiger partial charge >= 0.3 is 5.97 Å². The molecule has 3 heterocycles. The topological polar surface area (TPSA) is 59.7 Å². The maximum Gasteiger partial charge on any atom is 0.308 e. The maximum atomic E-state index is 11.7. The van der Waals surface area contributed by atoms with Gasteiger partial charge in [0, 0.05) is 12.6 Å². The van der Waals surface area contributed by atoms with E-state index in [0.29, 0.717) is 0 Å². The van der Waals surface area contributed by atoms with Gasteiger partial charge in [0.2, 0.25) is 0 Å². The van der Waals surface area contributed by atoms with Gasteiger partial charge in [0.05, 0.1) is 13.0 Å². The van der Waals surface area contributed by atoms with Crippen molar-refractivity contribution in [1.29, 1.82) is 0 Å². The molecule has 118 valence electrons. The molecule has 0 aliphatic carbocycles. The Labute approximate surface area is 137 Å². The van der Waals surface area contributed by atoms with E-state index in [0.717, 1.165) is 40.9 Å². The number of hydrogen-bond donors (Lipinski definition) is 0. The van der Waals surface area contributed by atoms with E-state index in [1.165, 1.54) is 7.11 Å². The molecule has 7 heteroatoms. The Bertz CT molecular complexity index is 715. The molecule has 3 rings (SSSR count). The molecule has 22 heavy (non-hydrogen) atoms. The Morgan fingerprint density at radius 1 is 1.50 bits per heavy atom. The number of rotatable bonds is 2. The molecule has 1 aliphatic heterocycles. The second kappa shape index (κ2) is 5.87. The molecule has 2 aromatic heterocycles. The lowest BCUT2D eigenvalue weighted by Gasteiger charge is -2.37. The summed E-state index contributed by atoms with van der Waals surface area (Å²) in [5.74, 6) is 0.795. The number of halogens is 1. The van der Waals surface area contributed by atoms with Gasteiger partial charge in [-0.05, 0) is 54.2 Å². The minimum absolute atomic E-state index is 0.0197. The monoisotopic (exact) mass is 366 g/mol. The number of ether oxygens (including phenoxy) is 1. The number of aromatic nitrogens is 3. The van der Waals surface area contributed by atoms with Gasteiger partial charge in [-0.2, -0.15) is 5.10 Å². The molecule has 0 amide bonds. The maximum absolute atomic E-state index is 11.7. The third-order valence-electron chi connectivity index (χ3n) is 4.36. The van der Waals surface area contributed by atoms with Crippen molar-refractivity contribution in [3.8, 4) is 0 Å². The molecule has 0 bridgehead atoms. The molecule has 1 saturated heterocycles. The summed E-state index contributed by atoms with van der Waals surface area (Å²) >= 11 is 3.52. The zero-order valence-electron chi connectivity index (χ0n) is 12.9. The van der Waals surface area contributed by atoms with Gasteiger partial charge in [0.15, 0.2) is 5.82 Å². The van der Waals surface area contributed by atoms with Crippen molar-refractivity contribution in [2.45, 2.75) is 32.7 Å². The van der Waals surface area contributed by atoms with Crippen LogP contribution in [-0.4, -0.2) is 40.3 Å². The van der Waals surface area contributed by atoms with Crippen molar-refractivity contribution in [3.63, 3.8) is 0 Å². The quantitative estimate of drug-likeness (QED) is 0.764. The summed E-state index contributed by atoms with van der Waals surface area (Å²) in [4.78, 5) is 18.5. The smallest absolute Gasteiger partial charge is 0.308 e. The Morgan fingerprint density at radius 3 is 2.95 bits per heavy atom. The number of carbonyl (C=O) groups excluding carboxylic acids is 1. The van der Waals surface area contributed by atoms with E-state index in [1.54, 1.807) is 6.33 Å². The number of nitrogens with zero attached hydrogens (tertiary/aromatic N) is 4. The zero-order chi connectivity index (χ0) is 15.9. The normalized spacial score (nSPS) is 22.1. The first-order chi connectivity index (χ1) is 10.5. The van der Waals surface area contributed by atoms with Gasteiger partial charge < -0.3 is 9.64 Å². The molecule has 0 saturated carbocycles. The summed E-state index contributed by atoms with van der Waals surface area (Å²) in [6, 6.07) is 2.27. The average molecular weight is 367 g/mol. The minimum Gasteiger partial charge on any atom is -0.469 e. The summed E-state index contributed by atoms with van der Waals surface area (Å²) in [6.07, 6.45) is 3.14. The number of piperidine rings is 1. The first-order valence-electron chi connectivity index (χ1n) is 7.36. The lowest BCUT2D eigenvalue weighted by molar-refractivity contribution is -0.146. The van der Waals surface area contributed by atoms with Crippen molar-refractivity contribution >= 4 is 33.2 Å². The summed E-state index contributed by atoms with van der Waals surface area (Å²) in [7, 11) is 1.45. The Kier molecular flexibility index (Phi) is 4.08. The fourth-order valence-corrected chi connectivity index (χ4v) is 3.85. The zero-order valence-corrected chi connectivity index (χ0v) is 14.5. The second-order valence-electron chi connectivity index (χ2n) is 5.78. The van der Waals surface area contributed by atoms with Crippen molar-refractivity contribution in [3.05, 3.63) is 22.6 Å². The Morgan fingerprint density at radius 2 is 2.27 bits per heavy atom. The molecular weight excluding hydrogens is 348 g/mol. The van der Waals surface area contributed by atoms with Crippen LogP contribution in [-0.2, 0) is 9.53 Å². The van der Waals surface area contributed by atoms with Crippen LogP contribution in [0.5, 0.6) is 0 Å². The van der Waals surface area contributed by atoms with Crippen LogP contribution < -0.4 is 4.90 Å². The van der Waals surface area contributed by atoms with E-state index >= 15 is 0 Å². The van der Waals surface area contributed by atoms with Gasteiger partial charge in [0.1, 0.15) is 16.4 Å². The molecule has 1 aliphatic rings. The van der Waals surface area contributed by atoms with E-state index in [4.69, 9.17) is 4.74 Å². The van der Waals surface area contributed by atoms with Gasteiger partial charge in [-0.3, -0.25) is 4.79 Å². The summed E-state index contributed by atoms with van der Waals surface area (Å²) in [6.45, 7) is 4.97. The number of aryl methyl sites for hydroxylation is 1. The van der Waals surface area contributed by atoms with Crippen molar-refractivity contribution in [1.82, 2.24) is 14.6 Å². The predicted octanol–water partition coefficient (Wildman–Crippen LogP) is 2.58. The molecule has 0 aromatic carbocycles. The number of methoxy groups -OCH3 is 1. The third kappa shape index (κ3) is 2.47. The number of esters is 1. The molecule has 2 aromatic rings. The highest BCUT2D eigenvalue weighted by atomic mass is 79.9. The van der Waals surface area contributed by atoms with Crippen molar-refractivity contribution < 1.29 is 9.53 Å². The second-order valence-corrected chi connectivity index (χ2v) is 6.59. The average Bonchev–Trinajstić information content (AvgIpc) is 2.81. The Hall–Kier alpha value is -1.63. The van der Waals surface area contributed by atoms with Crippen LogP contribution in [0.2, 0.25) is 0 Å². The molecule has 0 unspecified atom stereocenters. The van der Waals surface area contributed by atoms with E-state index in [9.17, 15) is 4.79 Å². The number of carbonyl (C=O) groups is 1. The molecule has 0 radical (unpaired) electrons. The molecule has 2 atom stereocenters. The van der Waals surface area contributed by atoms with Crippen LogP contribution in [0.25, 0.3) is 5.52 Å². The highest BCUT2D eigenvalue weighted by Crippen LogP contribution is 2.32. The van der Waals surface area contributed by atoms with Gasteiger partial charge in [-0.25, -0.2) is 9.50 Å². The third-order valence-corrected chi connectivity index (χ3v) is 4.93.